The number of rotatable bonds is 6. The summed E-state index contributed by atoms with van der Waals surface area (Å²) in [5.74, 6) is -5.40. The van der Waals surface area contributed by atoms with E-state index in [1.165, 1.54) is 14.2 Å². The van der Waals surface area contributed by atoms with Crippen molar-refractivity contribution in [1.29, 1.82) is 0 Å². The van der Waals surface area contributed by atoms with Gasteiger partial charge in [0.1, 0.15) is 18.0 Å². The lowest BCUT2D eigenvalue weighted by molar-refractivity contribution is -0.171. The highest BCUT2D eigenvalue weighted by atomic mass is 16.6. The van der Waals surface area contributed by atoms with Crippen molar-refractivity contribution in [3.05, 3.63) is 23.3 Å². The number of ether oxygens (including phenoxy) is 4. The monoisotopic (exact) mass is 791 g/mol. The molecule has 1 unspecified atom stereocenters. The van der Waals surface area contributed by atoms with Crippen LogP contribution in [0.5, 0.6) is 0 Å². The topological polar surface area (TPSA) is 189 Å². The van der Waals surface area contributed by atoms with E-state index in [2.05, 4.69) is 0 Å². The lowest BCUT2D eigenvalue weighted by Crippen LogP contribution is -2.60. The molecule has 13 heteroatoms. The summed E-state index contributed by atoms with van der Waals surface area (Å²) in [6.07, 6.45) is 1.58. The normalized spacial score (nSPS) is 42.7. The Labute approximate surface area is 333 Å². The molecule has 13 nitrogen and oxygen atoms in total. The zero-order valence-electron chi connectivity index (χ0n) is 35.1. The number of carbonyl (C=O) groups excluding carboxylic acids is 4. The highest BCUT2D eigenvalue weighted by Crippen LogP contribution is 2.46. The molecule has 1 aliphatic carbocycles. The average Bonchev–Trinajstić information content (AvgIpc) is 3.35. The number of aliphatic hydroxyl groups excluding tert-OH is 3. The van der Waals surface area contributed by atoms with Gasteiger partial charge in [-0.25, -0.2) is 4.79 Å². The van der Waals surface area contributed by atoms with Crippen molar-refractivity contribution < 1.29 is 58.6 Å². The molecule has 1 spiro atoms. The Balaban J connectivity index is 1.82. The Bertz CT molecular complexity index is 1460. The molecule has 4 rings (SSSR count). The summed E-state index contributed by atoms with van der Waals surface area (Å²) in [5.41, 5.74) is -3.15. The molecule has 0 aromatic carbocycles. The van der Waals surface area contributed by atoms with Crippen LogP contribution in [0.2, 0.25) is 0 Å². The van der Waals surface area contributed by atoms with E-state index in [9.17, 15) is 39.6 Å². The number of ketones is 2. The molecule has 0 aromatic heterocycles. The molecule has 0 radical (unpaired) electrons. The van der Waals surface area contributed by atoms with Crippen LogP contribution in [-0.2, 0) is 38.1 Å². The van der Waals surface area contributed by atoms with Crippen LogP contribution in [0.25, 0.3) is 0 Å². The van der Waals surface area contributed by atoms with E-state index in [0.717, 1.165) is 10.5 Å². The van der Waals surface area contributed by atoms with Crippen LogP contribution >= 0.6 is 0 Å². The smallest absolute Gasteiger partial charge is 0.340 e. The summed E-state index contributed by atoms with van der Waals surface area (Å²) in [5, 5.41) is 46.0. The van der Waals surface area contributed by atoms with Crippen molar-refractivity contribution >= 4 is 23.4 Å². The lowest BCUT2D eigenvalue weighted by atomic mass is 9.75. The first kappa shape index (κ1) is 46.2. The summed E-state index contributed by atoms with van der Waals surface area (Å²) in [6.45, 7) is 11.0. The number of methoxy groups -OCH3 is 3. The largest absolute Gasteiger partial charge is 0.455 e. The molecule has 4 aliphatic rings. The van der Waals surface area contributed by atoms with Gasteiger partial charge in [-0.05, 0) is 95.5 Å². The van der Waals surface area contributed by atoms with Gasteiger partial charge in [0.2, 0.25) is 16.9 Å². The Hall–Kier alpha value is -2.52. The molecule has 318 valence electrons. The Kier molecular flexibility index (Phi) is 16.1. The van der Waals surface area contributed by atoms with Crippen molar-refractivity contribution in [2.45, 2.75) is 166 Å². The minimum absolute atomic E-state index is 0.0244. The number of fused-ring (bicyclic) bond motifs is 1. The average molecular weight is 792 g/mol. The SMILES string of the molecule is CC[C@@H]1/C=C(\C)C[C@H](C)C[C@H](OC)[C@@H](O)[C@@H](OC)C[C@H](C)[C@]2(O)C(=O)N3CCCC[C@]3(C(=O)OC(/C(C)=C/[C@@H]3CC[C@@H](O)[C@H](OC)C3)[C@H](C)[C@@H](O)CC1=O)C2=O. The van der Waals surface area contributed by atoms with Gasteiger partial charge in [-0.15, -0.1) is 0 Å². The first-order valence-electron chi connectivity index (χ1n) is 20.7. The summed E-state index contributed by atoms with van der Waals surface area (Å²) in [4.78, 5) is 58.8. The molecule has 1 amide bonds. The second-order valence-electron chi connectivity index (χ2n) is 17.4. The highest BCUT2D eigenvalue weighted by Gasteiger charge is 2.72. The zero-order chi connectivity index (χ0) is 41.7. The van der Waals surface area contributed by atoms with Crippen LogP contribution in [0.1, 0.15) is 112 Å². The van der Waals surface area contributed by atoms with Crippen molar-refractivity contribution in [2.24, 2.45) is 29.6 Å². The first-order chi connectivity index (χ1) is 26.4. The number of aliphatic hydroxyl groups is 4. The van der Waals surface area contributed by atoms with Crippen LogP contribution in [0, 0.1) is 29.6 Å². The van der Waals surface area contributed by atoms with Gasteiger partial charge in [0.05, 0.1) is 30.5 Å². The van der Waals surface area contributed by atoms with Gasteiger partial charge in [0, 0.05) is 52.0 Å². The Morgan fingerprint density at radius 1 is 0.911 bits per heavy atom. The van der Waals surface area contributed by atoms with Gasteiger partial charge in [0.15, 0.2) is 0 Å². The third kappa shape index (κ3) is 9.35. The summed E-state index contributed by atoms with van der Waals surface area (Å²) in [7, 11) is 4.45. The standard InChI is InChI=1S/C43H69NO12/c1-10-30-18-24(2)17-25(3)19-35(54-8)37(48)36(55-9)21-27(5)43(52)39(49)42(15-11-12-16-44(42)40(43)50)41(51)56-38(28(6)32(46)23-33(30)47)26(4)20-29-13-14-31(45)34(22-29)53-7/h18,20,25,27-32,34-38,45-46,48,52H,10-17,19,21-23H2,1-9H3/b24-18+,26-20+/t25-,27-,28+,29-,30+,31+,32-,34+,35-,36-,37+,38?,42+,43+/m0/s1. The maximum atomic E-state index is 14.8. The van der Waals surface area contributed by atoms with Crippen LogP contribution in [0.4, 0.5) is 0 Å². The minimum atomic E-state index is -2.61. The van der Waals surface area contributed by atoms with E-state index < -0.39 is 83.2 Å². The quantitative estimate of drug-likeness (QED) is 0.173. The second-order valence-corrected chi connectivity index (χ2v) is 17.4. The number of piperidine rings is 1. The number of amides is 1. The van der Waals surface area contributed by atoms with E-state index in [4.69, 9.17) is 18.9 Å². The molecule has 2 saturated heterocycles. The van der Waals surface area contributed by atoms with Crippen molar-refractivity contribution in [1.82, 2.24) is 4.90 Å². The molecule has 3 aliphatic heterocycles. The van der Waals surface area contributed by atoms with E-state index in [1.54, 1.807) is 27.9 Å². The Morgan fingerprint density at radius 3 is 2.18 bits per heavy atom. The fraction of sp³-hybridized carbons (Fsp3) is 0.814. The predicted octanol–water partition coefficient (Wildman–Crippen LogP) is 3.86. The fourth-order valence-corrected chi connectivity index (χ4v) is 9.82. The molecule has 2 bridgehead atoms. The minimum Gasteiger partial charge on any atom is -0.455 e. The predicted molar refractivity (Wildman–Crippen MR) is 208 cm³/mol. The van der Waals surface area contributed by atoms with Crippen LogP contribution in [0.15, 0.2) is 23.3 Å². The number of hydrogen-bond acceptors (Lipinski definition) is 12. The number of esters is 1. The molecular weight excluding hydrogens is 722 g/mol. The van der Waals surface area contributed by atoms with E-state index in [-0.39, 0.29) is 49.5 Å². The van der Waals surface area contributed by atoms with Gasteiger partial charge in [-0.1, -0.05) is 45.4 Å². The number of nitrogens with zero attached hydrogens (tertiary/aromatic N) is 1. The maximum Gasteiger partial charge on any atom is 0.340 e. The van der Waals surface area contributed by atoms with Gasteiger partial charge in [-0.2, -0.15) is 0 Å². The number of cyclic esters (lactones) is 1. The van der Waals surface area contributed by atoms with Gasteiger partial charge >= 0.3 is 5.97 Å². The number of hydrogen-bond donors (Lipinski definition) is 4. The summed E-state index contributed by atoms with van der Waals surface area (Å²) < 4.78 is 23.3. The maximum absolute atomic E-state index is 14.8. The fourth-order valence-electron chi connectivity index (χ4n) is 9.82. The lowest BCUT2D eigenvalue weighted by Gasteiger charge is -2.40. The molecule has 4 N–H and O–H groups in total. The molecule has 56 heavy (non-hydrogen) atoms. The summed E-state index contributed by atoms with van der Waals surface area (Å²) in [6, 6.07) is 0. The van der Waals surface area contributed by atoms with E-state index >= 15 is 0 Å². The highest BCUT2D eigenvalue weighted by molar-refractivity contribution is 6.28. The molecular formula is C43H69NO12. The number of allylic oxidation sites excluding steroid dienone is 3. The van der Waals surface area contributed by atoms with E-state index in [0.29, 0.717) is 56.9 Å². The van der Waals surface area contributed by atoms with Gasteiger partial charge in [-0.3, -0.25) is 14.4 Å². The molecule has 1 saturated carbocycles. The number of carbonyl (C=O) groups is 4. The summed E-state index contributed by atoms with van der Waals surface area (Å²) >= 11 is 0. The molecule has 3 heterocycles. The van der Waals surface area contributed by atoms with Crippen molar-refractivity contribution in [3.8, 4) is 0 Å². The van der Waals surface area contributed by atoms with Crippen molar-refractivity contribution in [2.75, 3.05) is 27.9 Å². The van der Waals surface area contributed by atoms with Crippen molar-refractivity contribution in [3.63, 3.8) is 0 Å². The third-order valence-electron chi connectivity index (χ3n) is 13.3. The van der Waals surface area contributed by atoms with Crippen LogP contribution < -0.4 is 0 Å². The second kappa shape index (κ2) is 19.5. The van der Waals surface area contributed by atoms with E-state index in [1.807, 2.05) is 32.9 Å². The molecule has 3 fully saturated rings. The Morgan fingerprint density at radius 2 is 1.55 bits per heavy atom. The zero-order valence-corrected chi connectivity index (χ0v) is 35.1. The number of Topliss-reactive ketones (excluding diaryl/α,β-unsaturated/α-hetero) is 2. The van der Waals surface area contributed by atoms with Crippen LogP contribution in [0.3, 0.4) is 0 Å². The van der Waals surface area contributed by atoms with Gasteiger partial charge < -0.3 is 44.3 Å². The molecule has 0 aromatic rings. The molecule has 14 atom stereocenters. The first-order valence-corrected chi connectivity index (χ1v) is 20.7. The third-order valence-corrected chi connectivity index (χ3v) is 13.3. The van der Waals surface area contributed by atoms with Crippen LogP contribution in [-0.4, -0.2) is 131 Å². The van der Waals surface area contributed by atoms with Gasteiger partial charge in [0.25, 0.3) is 5.91 Å².